The normalized spacial score (nSPS) is 46.9. The minimum absolute atomic E-state index is 0.544. The van der Waals surface area contributed by atoms with Crippen molar-refractivity contribution < 1.29 is 0 Å². The summed E-state index contributed by atoms with van der Waals surface area (Å²) in [7, 11) is 0. The Morgan fingerprint density at radius 3 is 2.14 bits per heavy atom. The van der Waals surface area contributed by atoms with Crippen LogP contribution in [0.4, 0.5) is 0 Å². The van der Waals surface area contributed by atoms with Crippen molar-refractivity contribution >= 4 is 0 Å². The van der Waals surface area contributed by atoms with E-state index >= 15 is 0 Å². The predicted molar refractivity (Wildman–Crippen MR) is 62.1 cm³/mol. The van der Waals surface area contributed by atoms with E-state index in [1.54, 1.807) is 0 Å². The smallest absolute Gasteiger partial charge is 0.0261 e. The van der Waals surface area contributed by atoms with E-state index in [0.29, 0.717) is 10.8 Å². The van der Waals surface area contributed by atoms with E-state index in [0.717, 1.165) is 23.7 Å². The summed E-state index contributed by atoms with van der Waals surface area (Å²) in [6, 6.07) is 0. The number of hydrogen-bond donors (Lipinski definition) is 0. The Kier molecular flexibility index (Phi) is 2.08. The standard InChI is InChI=1S/C14H26/c1-9(2)13(4,5)12-11-7-8-14(12,6)10(11)3/h9-12H,7-8H2,1-6H3. The molecule has 2 bridgehead atoms. The number of hydrogen-bond acceptors (Lipinski definition) is 0. The summed E-state index contributed by atoms with van der Waals surface area (Å²) in [6.07, 6.45) is 2.98. The first kappa shape index (κ1) is 10.5. The third-order valence-corrected chi connectivity index (χ3v) is 6.13. The van der Waals surface area contributed by atoms with Crippen LogP contribution in [0.15, 0.2) is 0 Å². The van der Waals surface area contributed by atoms with Gasteiger partial charge < -0.3 is 0 Å². The van der Waals surface area contributed by atoms with Crippen molar-refractivity contribution in [3.8, 4) is 0 Å². The Labute approximate surface area is 89.5 Å². The van der Waals surface area contributed by atoms with Crippen LogP contribution >= 0.6 is 0 Å². The summed E-state index contributed by atoms with van der Waals surface area (Å²) >= 11 is 0. The van der Waals surface area contributed by atoms with Crippen molar-refractivity contribution in [3.05, 3.63) is 0 Å². The van der Waals surface area contributed by atoms with Gasteiger partial charge in [-0.15, -0.1) is 0 Å². The Morgan fingerprint density at radius 2 is 1.86 bits per heavy atom. The second-order valence-corrected chi connectivity index (χ2v) is 6.95. The third kappa shape index (κ3) is 1.01. The molecule has 0 N–H and O–H groups in total. The molecular formula is C14H26. The van der Waals surface area contributed by atoms with Gasteiger partial charge >= 0.3 is 0 Å². The van der Waals surface area contributed by atoms with E-state index in [2.05, 4.69) is 41.5 Å². The summed E-state index contributed by atoms with van der Waals surface area (Å²) in [6.45, 7) is 14.8. The molecule has 0 aromatic heterocycles. The van der Waals surface area contributed by atoms with E-state index < -0.39 is 0 Å². The summed E-state index contributed by atoms with van der Waals surface area (Å²) in [5.41, 5.74) is 1.22. The molecule has 3 rings (SSSR count). The molecule has 0 aromatic rings. The molecule has 0 saturated heterocycles. The van der Waals surface area contributed by atoms with Crippen molar-refractivity contribution in [1.29, 1.82) is 0 Å². The minimum Gasteiger partial charge on any atom is -0.0623 e. The summed E-state index contributed by atoms with van der Waals surface area (Å²) in [4.78, 5) is 0. The molecule has 0 heterocycles. The highest BCUT2D eigenvalue weighted by Gasteiger charge is 2.65. The molecule has 0 amide bonds. The van der Waals surface area contributed by atoms with Crippen LogP contribution in [-0.4, -0.2) is 0 Å². The topological polar surface area (TPSA) is 0 Å². The monoisotopic (exact) mass is 194 g/mol. The summed E-state index contributed by atoms with van der Waals surface area (Å²) < 4.78 is 0. The van der Waals surface area contributed by atoms with Crippen LogP contribution in [0.25, 0.3) is 0 Å². The van der Waals surface area contributed by atoms with Crippen LogP contribution in [0.3, 0.4) is 0 Å². The average molecular weight is 194 g/mol. The Balaban J connectivity index is 2.23. The predicted octanol–water partition coefficient (Wildman–Crippen LogP) is 4.35. The summed E-state index contributed by atoms with van der Waals surface area (Å²) in [5.74, 6) is 3.84. The van der Waals surface area contributed by atoms with Crippen molar-refractivity contribution in [2.75, 3.05) is 0 Å². The van der Waals surface area contributed by atoms with Crippen LogP contribution in [0, 0.1) is 34.5 Å². The average Bonchev–Trinajstić information content (AvgIpc) is 2.56. The zero-order valence-electron chi connectivity index (χ0n) is 10.7. The summed E-state index contributed by atoms with van der Waals surface area (Å²) in [5, 5.41) is 0. The van der Waals surface area contributed by atoms with Gasteiger partial charge in [-0.1, -0.05) is 41.5 Å². The molecule has 3 fully saturated rings. The first-order valence-electron chi connectivity index (χ1n) is 6.32. The molecule has 4 unspecified atom stereocenters. The number of fused-ring (bicyclic) bond motifs is 1. The van der Waals surface area contributed by atoms with Gasteiger partial charge in [0.1, 0.15) is 0 Å². The first-order valence-corrected chi connectivity index (χ1v) is 6.32. The molecular weight excluding hydrogens is 168 g/mol. The first-order chi connectivity index (χ1) is 6.32. The maximum absolute atomic E-state index is 2.54. The van der Waals surface area contributed by atoms with Gasteiger partial charge in [0, 0.05) is 0 Å². The highest BCUT2D eigenvalue weighted by atomic mass is 14.7. The zero-order chi connectivity index (χ0) is 10.7. The van der Waals surface area contributed by atoms with Crippen LogP contribution in [0.5, 0.6) is 0 Å². The molecule has 0 aliphatic heterocycles. The van der Waals surface area contributed by atoms with Gasteiger partial charge in [-0.05, 0) is 47.3 Å². The lowest BCUT2D eigenvalue weighted by molar-refractivity contribution is -0.120. The lowest BCUT2D eigenvalue weighted by Gasteiger charge is -2.60. The van der Waals surface area contributed by atoms with Crippen molar-refractivity contribution in [2.24, 2.45) is 34.5 Å². The Bertz CT molecular complexity index is 238. The number of rotatable bonds is 2. The van der Waals surface area contributed by atoms with Gasteiger partial charge in [0.05, 0.1) is 0 Å². The van der Waals surface area contributed by atoms with Crippen LogP contribution in [-0.2, 0) is 0 Å². The maximum Gasteiger partial charge on any atom is -0.0261 e. The molecule has 0 aromatic carbocycles. The van der Waals surface area contributed by atoms with Crippen LogP contribution in [0.2, 0.25) is 0 Å². The van der Waals surface area contributed by atoms with Crippen molar-refractivity contribution in [2.45, 2.75) is 54.4 Å². The third-order valence-electron chi connectivity index (χ3n) is 6.13. The van der Waals surface area contributed by atoms with Gasteiger partial charge in [-0.25, -0.2) is 0 Å². The van der Waals surface area contributed by atoms with Crippen molar-refractivity contribution in [3.63, 3.8) is 0 Å². The molecule has 82 valence electrons. The SMILES string of the molecule is CC(C)C(C)(C)C1C2CCC1(C)C2C. The largest absolute Gasteiger partial charge is 0.0623 e. The lowest BCUT2D eigenvalue weighted by atomic mass is 9.45. The lowest BCUT2D eigenvalue weighted by Crippen LogP contribution is -2.54. The van der Waals surface area contributed by atoms with Gasteiger partial charge in [0.25, 0.3) is 0 Å². The fraction of sp³-hybridized carbons (Fsp3) is 1.00. The molecule has 3 saturated carbocycles. The maximum atomic E-state index is 2.54. The molecule has 0 nitrogen and oxygen atoms in total. The van der Waals surface area contributed by atoms with E-state index in [9.17, 15) is 0 Å². The molecule has 4 atom stereocenters. The van der Waals surface area contributed by atoms with Gasteiger partial charge in [-0.3, -0.25) is 0 Å². The van der Waals surface area contributed by atoms with E-state index in [4.69, 9.17) is 0 Å². The Hall–Kier alpha value is 0. The van der Waals surface area contributed by atoms with Crippen LogP contribution < -0.4 is 0 Å². The minimum atomic E-state index is 0.544. The van der Waals surface area contributed by atoms with Gasteiger partial charge in [0.2, 0.25) is 0 Å². The molecule has 14 heavy (non-hydrogen) atoms. The fourth-order valence-electron chi connectivity index (χ4n) is 4.47. The molecule has 0 heteroatoms. The molecule has 0 spiro atoms. The highest BCUT2D eigenvalue weighted by molar-refractivity contribution is 5.13. The highest BCUT2D eigenvalue weighted by Crippen LogP contribution is 2.72. The van der Waals surface area contributed by atoms with E-state index in [1.165, 1.54) is 12.8 Å². The van der Waals surface area contributed by atoms with E-state index in [-0.39, 0.29) is 0 Å². The molecule has 3 aliphatic rings. The quantitative estimate of drug-likeness (QED) is 0.613. The van der Waals surface area contributed by atoms with Crippen molar-refractivity contribution in [1.82, 2.24) is 0 Å². The van der Waals surface area contributed by atoms with Gasteiger partial charge in [0.15, 0.2) is 0 Å². The molecule has 3 aliphatic carbocycles. The van der Waals surface area contributed by atoms with Crippen LogP contribution in [0.1, 0.15) is 54.4 Å². The zero-order valence-corrected chi connectivity index (χ0v) is 10.7. The van der Waals surface area contributed by atoms with Gasteiger partial charge in [-0.2, -0.15) is 0 Å². The fourth-order valence-corrected chi connectivity index (χ4v) is 4.47. The second kappa shape index (κ2) is 2.77. The van der Waals surface area contributed by atoms with E-state index in [1.807, 2.05) is 0 Å². The Morgan fingerprint density at radius 1 is 1.29 bits per heavy atom. The molecule has 0 radical (unpaired) electrons. The second-order valence-electron chi connectivity index (χ2n) is 6.95.